The van der Waals surface area contributed by atoms with Crippen LogP contribution in [0.4, 0.5) is 0 Å². The van der Waals surface area contributed by atoms with Crippen LogP contribution in [0.15, 0.2) is 0 Å². The molecule has 0 bridgehead atoms. The molecule has 1 aliphatic heterocycles. The first kappa shape index (κ1) is 11.0. The van der Waals surface area contributed by atoms with Crippen LogP contribution < -0.4 is 10.6 Å². The molecule has 5 heteroatoms. The quantitative estimate of drug-likeness (QED) is 0.555. The Morgan fingerprint density at radius 2 is 2.36 bits per heavy atom. The van der Waals surface area contributed by atoms with Gasteiger partial charge in [0.2, 0.25) is 11.8 Å². The lowest BCUT2D eigenvalue weighted by atomic mass is 10.1. The van der Waals surface area contributed by atoms with E-state index in [2.05, 4.69) is 10.6 Å². The summed E-state index contributed by atoms with van der Waals surface area (Å²) in [5.74, 6) is -0.314. The summed E-state index contributed by atoms with van der Waals surface area (Å²) in [5.41, 5.74) is -0.918. The van der Waals surface area contributed by atoms with Gasteiger partial charge in [-0.15, -0.1) is 0 Å². The van der Waals surface area contributed by atoms with Gasteiger partial charge < -0.3 is 15.7 Å². The normalized spacial score (nSPS) is 21.9. The zero-order valence-electron chi connectivity index (χ0n) is 8.46. The van der Waals surface area contributed by atoms with Crippen LogP contribution in [-0.4, -0.2) is 35.1 Å². The van der Waals surface area contributed by atoms with Crippen molar-refractivity contribution >= 4 is 11.8 Å². The predicted octanol–water partition coefficient (Wildman–Crippen LogP) is -0.848. The zero-order valence-corrected chi connectivity index (χ0v) is 8.46. The molecule has 0 aromatic heterocycles. The Bertz CT molecular complexity index is 245. The molecule has 2 amide bonds. The van der Waals surface area contributed by atoms with Gasteiger partial charge in [-0.1, -0.05) is 0 Å². The van der Waals surface area contributed by atoms with Gasteiger partial charge in [0.25, 0.3) is 0 Å². The first-order valence-electron chi connectivity index (χ1n) is 4.68. The summed E-state index contributed by atoms with van der Waals surface area (Å²) in [4.78, 5) is 22.2. The van der Waals surface area contributed by atoms with Crippen LogP contribution in [0.1, 0.15) is 26.7 Å². The van der Waals surface area contributed by atoms with Crippen molar-refractivity contribution in [3.63, 3.8) is 0 Å². The van der Waals surface area contributed by atoms with Gasteiger partial charge >= 0.3 is 0 Å². The Labute approximate surface area is 82.9 Å². The number of nitrogens with one attached hydrogen (secondary N) is 2. The molecule has 0 spiro atoms. The fourth-order valence-corrected chi connectivity index (χ4v) is 1.24. The molecule has 1 heterocycles. The highest BCUT2D eigenvalue weighted by molar-refractivity contribution is 5.90. The molecule has 0 radical (unpaired) electrons. The first-order chi connectivity index (χ1) is 6.38. The molecule has 1 saturated heterocycles. The fourth-order valence-electron chi connectivity index (χ4n) is 1.24. The molecule has 1 unspecified atom stereocenters. The first-order valence-corrected chi connectivity index (χ1v) is 4.68. The summed E-state index contributed by atoms with van der Waals surface area (Å²) in [6.07, 6.45) is 0.942. The minimum absolute atomic E-state index is 0.0894. The van der Waals surface area contributed by atoms with E-state index in [0.717, 1.165) is 0 Å². The average molecular weight is 200 g/mol. The summed E-state index contributed by atoms with van der Waals surface area (Å²) in [6.45, 7) is 3.42. The van der Waals surface area contributed by atoms with Gasteiger partial charge in [0.15, 0.2) is 0 Å². The Morgan fingerprint density at radius 3 is 2.79 bits per heavy atom. The molecule has 5 nitrogen and oxygen atoms in total. The average Bonchev–Trinajstić information content (AvgIpc) is 2.46. The molecular weight excluding hydrogens is 184 g/mol. The van der Waals surface area contributed by atoms with Crippen LogP contribution >= 0.6 is 0 Å². The van der Waals surface area contributed by atoms with Gasteiger partial charge in [-0.05, 0) is 20.3 Å². The summed E-state index contributed by atoms with van der Waals surface area (Å²) in [6, 6.07) is -0.426. The minimum atomic E-state index is -0.918. The maximum absolute atomic E-state index is 11.4. The monoisotopic (exact) mass is 200 g/mol. The molecule has 0 aromatic rings. The Morgan fingerprint density at radius 1 is 1.71 bits per heavy atom. The van der Waals surface area contributed by atoms with Gasteiger partial charge in [-0.3, -0.25) is 9.59 Å². The van der Waals surface area contributed by atoms with Crippen LogP contribution in [0.5, 0.6) is 0 Å². The summed E-state index contributed by atoms with van der Waals surface area (Å²) in [5, 5.41) is 14.5. The number of carbonyl (C=O) groups is 2. The molecule has 3 N–H and O–H groups in total. The lowest BCUT2D eigenvalue weighted by Crippen LogP contribution is -2.46. The smallest absolute Gasteiger partial charge is 0.242 e. The van der Waals surface area contributed by atoms with Crippen molar-refractivity contribution in [1.82, 2.24) is 10.6 Å². The van der Waals surface area contributed by atoms with Gasteiger partial charge in [-0.2, -0.15) is 0 Å². The largest absolute Gasteiger partial charge is 0.389 e. The predicted molar refractivity (Wildman–Crippen MR) is 50.5 cm³/mol. The Hall–Kier alpha value is -1.10. The van der Waals surface area contributed by atoms with E-state index in [1.54, 1.807) is 13.8 Å². The third-order valence-electron chi connectivity index (χ3n) is 2.01. The van der Waals surface area contributed by atoms with Gasteiger partial charge in [0.05, 0.1) is 5.60 Å². The van der Waals surface area contributed by atoms with Crippen LogP contribution in [0, 0.1) is 0 Å². The molecule has 1 aliphatic rings. The molecule has 0 aromatic carbocycles. The second-order valence-electron chi connectivity index (χ2n) is 4.19. The second-order valence-corrected chi connectivity index (χ2v) is 4.19. The molecule has 14 heavy (non-hydrogen) atoms. The van der Waals surface area contributed by atoms with Gasteiger partial charge in [0, 0.05) is 13.0 Å². The van der Waals surface area contributed by atoms with Crippen molar-refractivity contribution in [3.8, 4) is 0 Å². The summed E-state index contributed by atoms with van der Waals surface area (Å²) in [7, 11) is 0. The lowest BCUT2D eigenvalue weighted by Gasteiger charge is -2.19. The Kier molecular flexibility index (Phi) is 3.10. The number of amides is 2. The molecule has 1 rings (SSSR count). The molecule has 1 fully saturated rings. The van der Waals surface area contributed by atoms with E-state index in [0.29, 0.717) is 12.8 Å². The van der Waals surface area contributed by atoms with E-state index in [9.17, 15) is 14.7 Å². The van der Waals surface area contributed by atoms with Crippen LogP contribution in [0.25, 0.3) is 0 Å². The molecule has 80 valence electrons. The molecule has 1 atom stereocenters. The third kappa shape index (κ3) is 3.33. The van der Waals surface area contributed by atoms with E-state index in [-0.39, 0.29) is 18.4 Å². The molecule has 0 aliphatic carbocycles. The summed E-state index contributed by atoms with van der Waals surface area (Å²) >= 11 is 0. The van der Waals surface area contributed by atoms with Crippen molar-refractivity contribution in [2.24, 2.45) is 0 Å². The number of rotatable bonds is 3. The van der Waals surface area contributed by atoms with E-state index >= 15 is 0 Å². The number of hydrogen-bond donors (Lipinski definition) is 3. The maximum atomic E-state index is 11.4. The number of hydrogen-bond acceptors (Lipinski definition) is 3. The highest BCUT2D eigenvalue weighted by atomic mass is 16.3. The van der Waals surface area contributed by atoms with Gasteiger partial charge in [0.1, 0.15) is 6.04 Å². The third-order valence-corrected chi connectivity index (χ3v) is 2.01. The van der Waals surface area contributed by atoms with Crippen molar-refractivity contribution in [3.05, 3.63) is 0 Å². The number of aliphatic hydroxyl groups is 1. The van der Waals surface area contributed by atoms with Crippen LogP contribution in [0.2, 0.25) is 0 Å². The second kappa shape index (κ2) is 3.96. The highest BCUT2D eigenvalue weighted by Crippen LogP contribution is 2.06. The zero-order chi connectivity index (χ0) is 10.8. The maximum Gasteiger partial charge on any atom is 0.242 e. The van der Waals surface area contributed by atoms with E-state index in [4.69, 9.17) is 0 Å². The molecule has 0 saturated carbocycles. The van der Waals surface area contributed by atoms with Crippen molar-refractivity contribution in [2.75, 3.05) is 6.54 Å². The van der Waals surface area contributed by atoms with Crippen LogP contribution in [0.3, 0.4) is 0 Å². The molecular formula is C9H16N2O3. The van der Waals surface area contributed by atoms with E-state index in [1.165, 1.54) is 0 Å². The van der Waals surface area contributed by atoms with Crippen molar-refractivity contribution in [1.29, 1.82) is 0 Å². The van der Waals surface area contributed by atoms with Crippen molar-refractivity contribution in [2.45, 2.75) is 38.3 Å². The topological polar surface area (TPSA) is 78.4 Å². The fraction of sp³-hybridized carbons (Fsp3) is 0.778. The SMILES string of the molecule is CC(C)(O)CNC(=O)C1CCC(=O)N1. The van der Waals surface area contributed by atoms with Gasteiger partial charge in [-0.25, -0.2) is 0 Å². The standard InChI is InChI=1S/C9H16N2O3/c1-9(2,14)5-10-8(13)6-3-4-7(12)11-6/h6,14H,3-5H2,1-2H3,(H,10,13)(H,11,12). The van der Waals surface area contributed by atoms with E-state index in [1.807, 2.05) is 0 Å². The van der Waals surface area contributed by atoms with Crippen LogP contribution in [-0.2, 0) is 9.59 Å². The Balaban J connectivity index is 2.32. The number of carbonyl (C=O) groups excluding carboxylic acids is 2. The van der Waals surface area contributed by atoms with E-state index < -0.39 is 11.6 Å². The highest BCUT2D eigenvalue weighted by Gasteiger charge is 2.27. The van der Waals surface area contributed by atoms with Crippen molar-refractivity contribution < 1.29 is 14.7 Å². The minimum Gasteiger partial charge on any atom is -0.389 e. The lowest BCUT2D eigenvalue weighted by molar-refractivity contribution is -0.126. The summed E-state index contributed by atoms with van der Waals surface area (Å²) < 4.78 is 0.